The van der Waals surface area contributed by atoms with Gasteiger partial charge in [-0.25, -0.2) is 0 Å². The first-order chi connectivity index (χ1) is 11.9. The van der Waals surface area contributed by atoms with E-state index in [1.54, 1.807) is 19.9 Å². The van der Waals surface area contributed by atoms with Crippen LogP contribution in [0, 0.1) is 0 Å². The minimum Gasteiger partial charge on any atom is -0.408 e. The summed E-state index contributed by atoms with van der Waals surface area (Å²) in [4.78, 5) is 0. The minimum atomic E-state index is -1.94. The van der Waals surface area contributed by atoms with Crippen LogP contribution in [0.3, 0.4) is 0 Å². The third-order valence-electron chi connectivity index (χ3n) is 5.80. The summed E-state index contributed by atoms with van der Waals surface area (Å²) in [6.07, 6.45) is 6.36. The Labute approximate surface area is 158 Å². The van der Waals surface area contributed by atoms with Crippen molar-refractivity contribution in [3.63, 3.8) is 0 Å². The fourth-order valence-corrected chi connectivity index (χ4v) is 4.43. The first kappa shape index (κ1) is 20.2. The van der Waals surface area contributed by atoms with E-state index in [2.05, 4.69) is 39.9 Å². The van der Waals surface area contributed by atoms with E-state index in [0.29, 0.717) is 13.2 Å². The highest BCUT2D eigenvalue weighted by Crippen LogP contribution is 2.50. The Morgan fingerprint density at radius 1 is 1.19 bits per heavy atom. The predicted molar refractivity (Wildman–Crippen MR) is 104 cm³/mol. The van der Waals surface area contributed by atoms with Crippen LogP contribution in [0.2, 0.25) is 18.1 Å². The summed E-state index contributed by atoms with van der Waals surface area (Å²) in [5.74, 6) is -0.863. The van der Waals surface area contributed by atoms with Crippen LogP contribution in [0.5, 0.6) is 0 Å². The summed E-state index contributed by atoms with van der Waals surface area (Å²) in [5, 5.41) is 10.2. The van der Waals surface area contributed by atoms with Crippen LogP contribution in [0.1, 0.15) is 41.0 Å². The molecule has 3 rings (SSSR count). The molecular weight excluding hydrogens is 348 g/mol. The molecule has 5 nitrogen and oxygen atoms in total. The van der Waals surface area contributed by atoms with E-state index in [-0.39, 0.29) is 23.4 Å². The highest BCUT2D eigenvalue weighted by Gasteiger charge is 2.65. The molecule has 1 spiro atoms. The zero-order valence-electron chi connectivity index (χ0n) is 17.2. The van der Waals surface area contributed by atoms with Crippen molar-refractivity contribution in [3.8, 4) is 0 Å². The van der Waals surface area contributed by atoms with Crippen molar-refractivity contribution >= 4 is 8.32 Å². The Bertz CT molecular complexity index is 590. The lowest BCUT2D eigenvalue weighted by molar-refractivity contribution is -0.252. The van der Waals surface area contributed by atoms with Crippen molar-refractivity contribution in [1.29, 1.82) is 0 Å². The summed E-state index contributed by atoms with van der Waals surface area (Å²) in [6, 6.07) is 0. The standard InChI is InChI=1S/C20H34O5Si/c1-18(2,3)26(6,7)25-15-13-14(9-10-19(4,5)21)20(17-16(15)24-17)22-11-8-12-23-20/h9-10,13,15-17,21H,8,11-12H2,1-7H3/b10-9+/t15-,16+,17+/m1/s1. The molecule has 6 heteroatoms. The molecule has 0 aromatic rings. The molecule has 3 aliphatic rings. The topological polar surface area (TPSA) is 60.5 Å². The molecule has 2 saturated heterocycles. The molecular formula is C20H34O5Si. The molecule has 0 radical (unpaired) electrons. The highest BCUT2D eigenvalue weighted by atomic mass is 28.4. The van der Waals surface area contributed by atoms with Gasteiger partial charge in [-0.15, -0.1) is 0 Å². The fraction of sp³-hybridized carbons (Fsp3) is 0.800. The van der Waals surface area contributed by atoms with Crippen molar-refractivity contribution in [2.45, 2.75) is 88.9 Å². The average molecular weight is 383 g/mol. The van der Waals surface area contributed by atoms with Crippen molar-refractivity contribution < 1.29 is 23.7 Å². The van der Waals surface area contributed by atoms with Gasteiger partial charge in [0.25, 0.3) is 0 Å². The van der Waals surface area contributed by atoms with Crippen LogP contribution >= 0.6 is 0 Å². The number of aliphatic hydroxyl groups is 1. The van der Waals surface area contributed by atoms with Crippen molar-refractivity contribution in [3.05, 3.63) is 23.8 Å². The van der Waals surface area contributed by atoms with E-state index in [9.17, 15) is 5.11 Å². The summed E-state index contributed by atoms with van der Waals surface area (Å²) in [6.45, 7) is 16.0. The van der Waals surface area contributed by atoms with Crippen LogP contribution in [-0.2, 0) is 18.6 Å². The molecule has 2 aliphatic heterocycles. The number of hydrogen-bond acceptors (Lipinski definition) is 5. The van der Waals surface area contributed by atoms with Gasteiger partial charge in [0, 0.05) is 5.57 Å². The molecule has 26 heavy (non-hydrogen) atoms. The maximum atomic E-state index is 10.1. The Kier molecular flexibility index (Phi) is 5.09. The summed E-state index contributed by atoms with van der Waals surface area (Å²) < 4.78 is 24.8. The van der Waals surface area contributed by atoms with E-state index in [1.165, 1.54) is 0 Å². The Hall–Kier alpha value is -0.503. The lowest BCUT2D eigenvalue weighted by Gasteiger charge is -2.42. The number of rotatable bonds is 4. The van der Waals surface area contributed by atoms with Crippen molar-refractivity contribution in [2.24, 2.45) is 0 Å². The van der Waals surface area contributed by atoms with Gasteiger partial charge in [-0.05, 0) is 44.5 Å². The first-order valence-electron chi connectivity index (χ1n) is 9.61. The van der Waals surface area contributed by atoms with Gasteiger partial charge < -0.3 is 23.7 Å². The van der Waals surface area contributed by atoms with Gasteiger partial charge in [-0.2, -0.15) is 0 Å². The molecule has 2 fully saturated rings. The minimum absolute atomic E-state index is 0.0264. The quantitative estimate of drug-likeness (QED) is 0.595. The molecule has 1 aliphatic carbocycles. The Morgan fingerprint density at radius 2 is 1.81 bits per heavy atom. The molecule has 148 valence electrons. The molecule has 0 aromatic carbocycles. The second-order valence-corrected chi connectivity index (χ2v) is 14.4. The monoisotopic (exact) mass is 382 g/mol. The molecule has 0 saturated carbocycles. The molecule has 1 N–H and O–H groups in total. The zero-order chi connectivity index (χ0) is 19.4. The third kappa shape index (κ3) is 3.86. The fourth-order valence-electron chi connectivity index (χ4n) is 3.19. The third-order valence-corrected chi connectivity index (χ3v) is 10.3. The Morgan fingerprint density at radius 3 is 2.35 bits per heavy atom. The second kappa shape index (κ2) is 6.53. The normalized spacial score (nSPS) is 31.8. The SMILES string of the molecule is CC(C)(O)/C=C/C1=C[C@@H](O[Si](C)(C)C(C)(C)C)[C@@H]2O[C@@H]2C12OCCCO2. The van der Waals surface area contributed by atoms with Gasteiger partial charge in [0.05, 0.1) is 24.9 Å². The zero-order valence-corrected chi connectivity index (χ0v) is 18.2. The average Bonchev–Trinajstić information content (AvgIpc) is 3.29. The van der Waals surface area contributed by atoms with Crippen LogP contribution < -0.4 is 0 Å². The van der Waals surface area contributed by atoms with E-state index in [1.807, 2.05) is 6.08 Å². The maximum Gasteiger partial charge on any atom is 0.224 e. The number of ether oxygens (including phenoxy) is 3. The molecule has 0 unspecified atom stereocenters. The molecule has 2 heterocycles. The lowest BCUT2D eigenvalue weighted by Crippen LogP contribution is -2.53. The van der Waals surface area contributed by atoms with Crippen molar-refractivity contribution in [1.82, 2.24) is 0 Å². The van der Waals surface area contributed by atoms with Crippen molar-refractivity contribution in [2.75, 3.05) is 13.2 Å². The smallest absolute Gasteiger partial charge is 0.224 e. The lowest BCUT2D eigenvalue weighted by atomic mass is 9.89. The number of fused-ring (bicyclic) bond motifs is 2. The predicted octanol–water partition coefficient (Wildman–Crippen LogP) is 3.54. The molecule has 0 aromatic heterocycles. The highest BCUT2D eigenvalue weighted by molar-refractivity contribution is 6.74. The largest absolute Gasteiger partial charge is 0.408 e. The van der Waals surface area contributed by atoms with Crippen LogP contribution in [0.15, 0.2) is 23.8 Å². The van der Waals surface area contributed by atoms with Crippen LogP contribution in [0.4, 0.5) is 0 Å². The summed E-state index contributed by atoms with van der Waals surface area (Å²) in [5.41, 5.74) is -0.0184. The summed E-state index contributed by atoms with van der Waals surface area (Å²) in [7, 11) is -1.94. The van der Waals surface area contributed by atoms with Gasteiger partial charge in [-0.1, -0.05) is 32.9 Å². The Balaban J connectivity index is 1.92. The van der Waals surface area contributed by atoms with Gasteiger partial charge in [0.2, 0.25) is 5.79 Å². The molecule has 3 atom stereocenters. The van der Waals surface area contributed by atoms with E-state index in [0.717, 1.165) is 12.0 Å². The number of hydrogen-bond donors (Lipinski definition) is 1. The maximum absolute atomic E-state index is 10.1. The van der Waals surface area contributed by atoms with Crippen LogP contribution in [-0.4, -0.2) is 56.3 Å². The van der Waals surface area contributed by atoms with E-state index in [4.69, 9.17) is 18.6 Å². The van der Waals surface area contributed by atoms with Crippen LogP contribution in [0.25, 0.3) is 0 Å². The van der Waals surface area contributed by atoms with Gasteiger partial charge in [-0.3, -0.25) is 0 Å². The van der Waals surface area contributed by atoms with E-state index < -0.39 is 19.7 Å². The second-order valence-electron chi connectivity index (χ2n) is 9.69. The van der Waals surface area contributed by atoms with E-state index >= 15 is 0 Å². The van der Waals surface area contributed by atoms with Gasteiger partial charge in [0.1, 0.15) is 12.2 Å². The number of epoxide rings is 1. The molecule has 0 bridgehead atoms. The first-order valence-corrected chi connectivity index (χ1v) is 12.5. The van der Waals surface area contributed by atoms with Gasteiger partial charge >= 0.3 is 0 Å². The molecule has 0 amide bonds. The van der Waals surface area contributed by atoms with Gasteiger partial charge in [0.15, 0.2) is 8.32 Å². The summed E-state index contributed by atoms with van der Waals surface area (Å²) >= 11 is 0.